The zero-order chi connectivity index (χ0) is 26.8. The zero-order valence-electron chi connectivity index (χ0n) is 20.7. The maximum Gasteiger partial charge on any atom is 0.308 e. The molecule has 3 aliphatic rings. The highest BCUT2D eigenvalue weighted by Crippen LogP contribution is 2.49. The standard InChI is InChI=1S/C29H21N5O5/c1-16(35)39-19-13-11-18(12-14-19)32-27(36)24-23-15-10-17-6-2-4-8-21(17)33(23)26(25(24)28(32)37)29(38)34-22-9-5-3-7-20(22)30-31-34/h2-15,23-26H,1H3/t23-,24+,25+,26-/m1/s1. The van der Waals surface area contributed by atoms with E-state index in [1.165, 1.54) is 23.7 Å². The van der Waals surface area contributed by atoms with Crippen LogP contribution in [0.3, 0.4) is 0 Å². The van der Waals surface area contributed by atoms with Crippen LogP contribution in [0.2, 0.25) is 0 Å². The first kappa shape index (κ1) is 23.0. The van der Waals surface area contributed by atoms with Gasteiger partial charge in [-0.2, -0.15) is 4.68 Å². The SMILES string of the molecule is CC(=O)Oc1ccc(N2C(=O)[C@@H]3[C@H](C2=O)[C@H](C(=O)n2nnc4ccccc42)N2c4ccccc4C=C[C@H]32)cc1. The van der Waals surface area contributed by atoms with Crippen molar-refractivity contribution in [3.63, 3.8) is 0 Å². The topological polar surface area (TPSA) is 115 Å². The van der Waals surface area contributed by atoms with E-state index in [1.807, 2.05) is 47.4 Å². The monoisotopic (exact) mass is 519 g/mol. The smallest absolute Gasteiger partial charge is 0.308 e. The molecule has 4 heterocycles. The van der Waals surface area contributed by atoms with Crippen LogP contribution in [-0.2, 0) is 14.4 Å². The Labute approximate surface area is 222 Å². The Morgan fingerprint density at radius 2 is 1.59 bits per heavy atom. The Balaban J connectivity index is 1.34. The molecular formula is C29H21N5O5. The number of imide groups is 1. The van der Waals surface area contributed by atoms with E-state index in [0.717, 1.165) is 16.2 Å². The number of hydrogen-bond acceptors (Lipinski definition) is 8. The summed E-state index contributed by atoms with van der Waals surface area (Å²) in [6.07, 6.45) is 3.82. The molecule has 0 bridgehead atoms. The van der Waals surface area contributed by atoms with Gasteiger partial charge in [-0.3, -0.25) is 19.2 Å². The summed E-state index contributed by atoms with van der Waals surface area (Å²) in [7, 11) is 0. The number of aromatic nitrogens is 3. The fourth-order valence-electron chi connectivity index (χ4n) is 6.04. The quantitative estimate of drug-likeness (QED) is 0.230. The van der Waals surface area contributed by atoms with E-state index in [1.54, 1.807) is 30.3 Å². The Morgan fingerprint density at radius 1 is 0.872 bits per heavy atom. The number of carbonyl (C=O) groups excluding carboxylic acids is 4. The van der Waals surface area contributed by atoms with E-state index in [0.29, 0.717) is 22.5 Å². The van der Waals surface area contributed by atoms with Crippen molar-refractivity contribution in [3.8, 4) is 5.75 Å². The van der Waals surface area contributed by atoms with Crippen molar-refractivity contribution in [2.24, 2.45) is 11.8 Å². The van der Waals surface area contributed by atoms with Gasteiger partial charge in [0.15, 0.2) is 0 Å². The Hall–Kier alpha value is -5.12. The molecule has 2 fully saturated rings. The summed E-state index contributed by atoms with van der Waals surface area (Å²) in [5, 5.41) is 8.26. The highest BCUT2D eigenvalue weighted by molar-refractivity contribution is 6.25. The van der Waals surface area contributed by atoms with Gasteiger partial charge in [-0.25, -0.2) is 4.90 Å². The summed E-state index contributed by atoms with van der Waals surface area (Å²) < 4.78 is 6.32. The second-order valence-corrected chi connectivity index (χ2v) is 9.74. The third kappa shape index (κ3) is 3.34. The van der Waals surface area contributed by atoms with Gasteiger partial charge in [0.1, 0.15) is 17.3 Å². The number of nitrogens with zero attached hydrogens (tertiary/aromatic N) is 5. The van der Waals surface area contributed by atoms with Crippen molar-refractivity contribution < 1.29 is 23.9 Å². The van der Waals surface area contributed by atoms with E-state index < -0.39 is 41.7 Å². The van der Waals surface area contributed by atoms with E-state index in [-0.39, 0.29) is 5.91 Å². The van der Waals surface area contributed by atoms with Crippen LogP contribution in [0.15, 0.2) is 78.9 Å². The normalized spacial score (nSPS) is 23.1. The van der Waals surface area contributed by atoms with Gasteiger partial charge >= 0.3 is 5.97 Å². The number of fused-ring (bicyclic) bond motifs is 6. The van der Waals surface area contributed by atoms with E-state index in [2.05, 4.69) is 10.3 Å². The molecule has 1 aromatic heterocycles. The number of ether oxygens (including phenoxy) is 1. The molecule has 3 aromatic carbocycles. The Kier molecular flexibility index (Phi) is 4.99. The van der Waals surface area contributed by atoms with E-state index in [9.17, 15) is 19.2 Å². The van der Waals surface area contributed by atoms with Crippen LogP contribution >= 0.6 is 0 Å². The van der Waals surface area contributed by atoms with Gasteiger partial charge in [-0.15, -0.1) is 5.10 Å². The van der Waals surface area contributed by atoms with E-state index >= 15 is 0 Å². The van der Waals surface area contributed by atoms with Crippen LogP contribution in [0.1, 0.15) is 17.3 Å². The van der Waals surface area contributed by atoms with Crippen LogP contribution in [0.25, 0.3) is 17.1 Å². The molecule has 10 heteroatoms. The molecule has 0 aliphatic carbocycles. The molecule has 0 saturated carbocycles. The van der Waals surface area contributed by atoms with Gasteiger partial charge < -0.3 is 9.64 Å². The molecule has 2 saturated heterocycles. The van der Waals surface area contributed by atoms with Crippen LogP contribution in [0.4, 0.5) is 11.4 Å². The van der Waals surface area contributed by atoms with Crippen molar-refractivity contribution in [2.45, 2.75) is 19.0 Å². The van der Waals surface area contributed by atoms with Crippen LogP contribution < -0.4 is 14.5 Å². The minimum atomic E-state index is -0.988. The van der Waals surface area contributed by atoms with Crippen LogP contribution in [0.5, 0.6) is 5.75 Å². The maximum atomic E-state index is 14.2. The maximum absolute atomic E-state index is 14.2. The molecule has 39 heavy (non-hydrogen) atoms. The molecule has 4 aromatic rings. The third-order valence-electron chi connectivity index (χ3n) is 7.58. The number of amides is 2. The van der Waals surface area contributed by atoms with Crippen molar-refractivity contribution in [1.82, 2.24) is 15.0 Å². The first-order valence-corrected chi connectivity index (χ1v) is 12.5. The molecule has 2 amide bonds. The summed E-state index contributed by atoms with van der Waals surface area (Å²) in [4.78, 5) is 56.5. The summed E-state index contributed by atoms with van der Waals surface area (Å²) in [5.74, 6) is -3.18. The molecular weight excluding hydrogens is 498 g/mol. The average molecular weight is 520 g/mol. The van der Waals surface area contributed by atoms with Crippen LogP contribution in [-0.4, -0.2) is 50.8 Å². The summed E-state index contributed by atoms with van der Waals surface area (Å²) in [5.41, 5.74) is 3.10. The minimum absolute atomic E-state index is 0.301. The van der Waals surface area contributed by atoms with Gasteiger partial charge in [0.2, 0.25) is 11.8 Å². The molecule has 0 spiro atoms. The van der Waals surface area contributed by atoms with Gasteiger partial charge in [0.05, 0.1) is 29.1 Å². The molecule has 0 unspecified atom stereocenters. The number of hydrogen-bond donors (Lipinski definition) is 0. The second kappa shape index (κ2) is 8.45. The fourth-order valence-corrected chi connectivity index (χ4v) is 6.04. The minimum Gasteiger partial charge on any atom is -0.427 e. The Bertz CT molecular complexity index is 1730. The predicted octanol–water partition coefficient (Wildman–Crippen LogP) is 3.09. The fraction of sp³-hybridized carbons (Fsp3) is 0.172. The molecule has 10 nitrogen and oxygen atoms in total. The average Bonchev–Trinajstić information content (AvgIpc) is 3.60. The lowest BCUT2D eigenvalue weighted by molar-refractivity contribution is -0.132. The van der Waals surface area contributed by atoms with Gasteiger partial charge in [0, 0.05) is 12.6 Å². The lowest BCUT2D eigenvalue weighted by Gasteiger charge is -2.36. The number of carbonyl (C=O) groups is 4. The lowest BCUT2D eigenvalue weighted by atomic mass is 9.88. The second-order valence-electron chi connectivity index (χ2n) is 9.74. The van der Waals surface area contributed by atoms with E-state index in [4.69, 9.17) is 4.74 Å². The molecule has 4 atom stereocenters. The first-order valence-electron chi connectivity index (χ1n) is 12.5. The number of benzene rings is 3. The number of rotatable bonds is 3. The first-order chi connectivity index (χ1) is 18.9. The number of para-hydroxylation sites is 2. The predicted molar refractivity (Wildman–Crippen MR) is 141 cm³/mol. The number of esters is 1. The van der Waals surface area contributed by atoms with Crippen LogP contribution in [0, 0.1) is 11.8 Å². The van der Waals surface area contributed by atoms with Gasteiger partial charge in [-0.1, -0.05) is 47.7 Å². The molecule has 0 N–H and O–H groups in total. The Morgan fingerprint density at radius 3 is 2.38 bits per heavy atom. The van der Waals surface area contributed by atoms with Crippen molar-refractivity contribution in [3.05, 3.63) is 84.4 Å². The zero-order valence-corrected chi connectivity index (χ0v) is 20.7. The number of anilines is 2. The van der Waals surface area contributed by atoms with Crippen molar-refractivity contribution in [1.29, 1.82) is 0 Å². The van der Waals surface area contributed by atoms with Crippen molar-refractivity contribution in [2.75, 3.05) is 9.80 Å². The molecule has 0 radical (unpaired) electrons. The molecule has 7 rings (SSSR count). The highest BCUT2D eigenvalue weighted by atomic mass is 16.5. The lowest BCUT2D eigenvalue weighted by Crippen LogP contribution is -2.50. The summed E-state index contributed by atoms with van der Waals surface area (Å²) >= 11 is 0. The van der Waals surface area contributed by atoms with Crippen molar-refractivity contribution >= 4 is 52.2 Å². The molecule has 192 valence electrons. The highest BCUT2D eigenvalue weighted by Gasteiger charge is 2.64. The van der Waals surface area contributed by atoms with Gasteiger partial charge in [-0.05, 0) is 48.0 Å². The largest absolute Gasteiger partial charge is 0.427 e. The third-order valence-corrected chi connectivity index (χ3v) is 7.58. The summed E-state index contributed by atoms with van der Waals surface area (Å²) in [6.45, 7) is 1.29. The van der Waals surface area contributed by atoms with Gasteiger partial charge in [0.25, 0.3) is 5.91 Å². The summed E-state index contributed by atoms with van der Waals surface area (Å²) in [6, 6.07) is 19.4. The molecule has 3 aliphatic heterocycles.